The summed E-state index contributed by atoms with van der Waals surface area (Å²) in [6.45, 7) is 6.74. The van der Waals surface area contributed by atoms with Crippen LogP contribution in [0.2, 0.25) is 0 Å². The van der Waals surface area contributed by atoms with E-state index in [4.69, 9.17) is 0 Å². The molecule has 1 heterocycles. The van der Waals surface area contributed by atoms with Gasteiger partial charge in [0, 0.05) is 25.7 Å². The molecule has 0 radical (unpaired) electrons. The van der Waals surface area contributed by atoms with E-state index in [2.05, 4.69) is 37.3 Å². The molecular weight excluding hydrogens is 174 g/mol. The van der Waals surface area contributed by atoms with Gasteiger partial charge in [-0.05, 0) is 18.5 Å². The molecule has 1 aromatic heterocycles. The number of aromatic nitrogens is 2. The standard InChI is InChI=1S/C11H21N3/c1-11(2,3)10(12-4)8-9-6-7-14(5)13-9/h6-7,10,12H,8H2,1-5H3. The van der Waals surface area contributed by atoms with Gasteiger partial charge in [0.15, 0.2) is 0 Å². The van der Waals surface area contributed by atoms with Gasteiger partial charge < -0.3 is 5.32 Å². The van der Waals surface area contributed by atoms with Gasteiger partial charge in [0.2, 0.25) is 0 Å². The topological polar surface area (TPSA) is 29.9 Å². The summed E-state index contributed by atoms with van der Waals surface area (Å²) in [6, 6.07) is 2.55. The summed E-state index contributed by atoms with van der Waals surface area (Å²) in [6.07, 6.45) is 2.98. The summed E-state index contributed by atoms with van der Waals surface area (Å²) in [5.41, 5.74) is 1.42. The van der Waals surface area contributed by atoms with E-state index in [1.165, 1.54) is 0 Å². The van der Waals surface area contributed by atoms with Crippen molar-refractivity contribution in [1.29, 1.82) is 0 Å². The molecule has 0 saturated heterocycles. The number of hydrogen-bond donors (Lipinski definition) is 1. The van der Waals surface area contributed by atoms with Crippen LogP contribution in [-0.4, -0.2) is 22.9 Å². The van der Waals surface area contributed by atoms with Crippen LogP contribution in [0.1, 0.15) is 26.5 Å². The third-order valence-corrected chi connectivity index (χ3v) is 2.58. The van der Waals surface area contributed by atoms with E-state index in [1.807, 2.05) is 25.0 Å². The lowest BCUT2D eigenvalue weighted by molar-refractivity contribution is 0.278. The zero-order chi connectivity index (χ0) is 10.8. The molecule has 0 bridgehead atoms. The van der Waals surface area contributed by atoms with Gasteiger partial charge in [0.1, 0.15) is 0 Å². The van der Waals surface area contributed by atoms with Gasteiger partial charge >= 0.3 is 0 Å². The smallest absolute Gasteiger partial charge is 0.0640 e. The number of nitrogens with one attached hydrogen (secondary N) is 1. The molecule has 14 heavy (non-hydrogen) atoms. The fraction of sp³-hybridized carbons (Fsp3) is 0.727. The molecule has 0 fully saturated rings. The Balaban J connectivity index is 2.66. The second-order valence-electron chi connectivity index (χ2n) is 4.89. The minimum atomic E-state index is 0.270. The van der Waals surface area contributed by atoms with Crippen LogP contribution < -0.4 is 5.32 Å². The van der Waals surface area contributed by atoms with Gasteiger partial charge in [-0.25, -0.2) is 0 Å². The van der Waals surface area contributed by atoms with E-state index in [-0.39, 0.29) is 5.41 Å². The highest BCUT2D eigenvalue weighted by atomic mass is 15.2. The number of rotatable bonds is 3. The third-order valence-electron chi connectivity index (χ3n) is 2.58. The van der Waals surface area contributed by atoms with E-state index in [1.54, 1.807) is 0 Å². The van der Waals surface area contributed by atoms with Crippen LogP contribution in [0, 0.1) is 5.41 Å². The first-order valence-corrected chi connectivity index (χ1v) is 5.09. The van der Waals surface area contributed by atoms with Crippen LogP contribution in [-0.2, 0) is 13.5 Å². The lowest BCUT2D eigenvalue weighted by Crippen LogP contribution is -2.39. The van der Waals surface area contributed by atoms with Crippen LogP contribution in [0.3, 0.4) is 0 Å². The summed E-state index contributed by atoms with van der Waals surface area (Å²) < 4.78 is 1.85. The number of hydrogen-bond acceptors (Lipinski definition) is 2. The predicted molar refractivity (Wildman–Crippen MR) is 59.2 cm³/mol. The van der Waals surface area contributed by atoms with Gasteiger partial charge in [-0.3, -0.25) is 4.68 Å². The molecule has 0 saturated carbocycles. The molecule has 0 spiro atoms. The highest BCUT2D eigenvalue weighted by Gasteiger charge is 2.23. The van der Waals surface area contributed by atoms with Crippen molar-refractivity contribution in [1.82, 2.24) is 15.1 Å². The Kier molecular flexibility index (Phi) is 3.32. The molecule has 1 atom stereocenters. The van der Waals surface area contributed by atoms with Crippen LogP contribution in [0.15, 0.2) is 12.3 Å². The summed E-state index contributed by atoms with van der Waals surface area (Å²) in [5, 5.41) is 7.74. The monoisotopic (exact) mass is 195 g/mol. The van der Waals surface area contributed by atoms with Gasteiger partial charge in [-0.1, -0.05) is 20.8 Å². The van der Waals surface area contributed by atoms with E-state index in [0.717, 1.165) is 12.1 Å². The molecule has 3 nitrogen and oxygen atoms in total. The lowest BCUT2D eigenvalue weighted by atomic mass is 9.84. The van der Waals surface area contributed by atoms with E-state index < -0.39 is 0 Å². The number of nitrogens with zero attached hydrogens (tertiary/aromatic N) is 2. The molecule has 1 rings (SSSR count). The minimum Gasteiger partial charge on any atom is -0.316 e. The summed E-state index contributed by atoms with van der Waals surface area (Å²) in [7, 11) is 3.97. The Morgan fingerprint density at radius 3 is 2.50 bits per heavy atom. The van der Waals surface area contributed by atoms with E-state index in [9.17, 15) is 0 Å². The molecule has 1 aromatic rings. The maximum Gasteiger partial charge on any atom is 0.0640 e. The maximum absolute atomic E-state index is 4.39. The van der Waals surface area contributed by atoms with Gasteiger partial charge in [-0.15, -0.1) is 0 Å². The summed E-state index contributed by atoms with van der Waals surface area (Å²) in [5.74, 6) is 0. The van der Waals surface area contributed by atoms with Crippen LogP contribution >= 0.6 is 0 Å². The number of aryl methyl sites for hydroxylation is 1. The zero-order valence-corrected chi connectivity index (χ0v) is 9.83. The molecule has 1 N–H and O–H groups in total. The van der Waals surface area contributed by atoms with Gasteiger partial charge in [-0.2, -0.15) is 5.10 Å². The zero-order valence-electron chi connectivity index (χ0n) is 9.83. The Bertz CT molecular complexity index is 283. The molecular formula is C11H21N3. The van der Waals surface area contributed by atoms with E-state index >= 15 is 0 Å². The Labute approximate surface area is 86.5 Å². The summed E-state index contributed by atoms with van der Waals surface area (Å²) >= 11 is 0. The molecule has 0 aliphatic rings. The average molecular weight is 195 g/mol. The van der Waals surface area contributed by atoms with Crippen molar-refractivity contribution in [3.05, 3.63) is 18.0 Å². The highest BCUT2D eigenvalue weighted by Crippen LogP contribution is 2.21. The van der Waals surface area contributed by atoms with Gasteiger partial charge in [0.05, 0.1) is 5.69 Å². The van der Waals surface area contributed by atoms with Crippen LogP contribution in [0.4, 0.5) is 0 Å². The van der Waals surface area contributed by atoms with Crippen molar-refractivity contribution in [2.45, 2.75) is 33.2 Å². The largest absolute Gasteiger partial charge is 0.316 e. The van der Waals surface area contributed by atoms with Crippen molar-refractivity contribution in [3.63, 3.8) is 0 Å². The number of likely N-dealkylation sites (N-methyl/N-ethyl adjacent to an activating group) is 1. The maximum atomic E-state index is 4.39. The van der Waals surface area contributed by atoms with Crippen molar-refractivity contribution in [2.24, 2.45) is 12.5 Å². The molecule has 0 aliphatic carbocycles. The fourth-order valence-electron chi connectivity index (χ4n) is 1.62. The molecule has 1 unspecified atom stereocenters. The van der Waals surface area contributed by atoms with Crippen LogP contribution in [0.25, 0.3) is 0 Å². The Morgan fingerprint density at radius 2 is 2.14 bits per heavy atom. The lowest BCUT2D eigenvalue weighted by Gasteiger charge is -2.29. The van der Waals surface area contributed by atoms with E-state index in [0.29, 0.717) is 6.04 Å². The van der Waals surface area contributed by atoms with Gasteiger partial charge in [0.25, 0.3) is 0 Å². The third kappa shape index (κ3) is 2.84. The summed E-state index contributed by atoms with van der Waals surface area (Å²) in [4.78, 5) is 0. The second kappa shape index (κ2) is 4.13. The molecule has 3 heteroatoms. The molecule has 80 valence electrons. The first-order chi connectivity index (χ1) is 6.43. The van der Waals surface area contributed by atoms with Crippen molar-refractivity contribution >= 4 is 0 Å². The first kappa shape index (κ1) is 11.2. The second-order valence-corrected chi connectivity index (χ2v) is 4.89. The normalized spacial score (nSPS) is 14.4. The Morgan fingerprint density at radius 1 is 1.50 bits per heavy atom. The highest BCUT2D eigenvalue weighted by molar-refractivity contribution is 5.02. The minimum absolute atomic E-state index is 0.270. The molecule has 0 aromatic carbocycles. The molecule has 0 amide bonds. The quantitative estimate of drug-likeness (QED) is 0.794. The first-order valence-electron chi connectivity index (χ1n) is 5.09. The predicted octanol–water partition coefficient (Wildman–Crippen LogP) is 1.60. The van der Waals surface area contributed by atoms with Crippen molar-refractivity contribution in [3.8, 4) is 0 Å². The van der Waals surface area contributed by atoms with Crippen LogP contribution in [0.5, 0.6) is 0 Å². The van der Waals surface area contributed by atoms with Crippen molar-refractivity contribution < 1.29 is 0 Å². The SMILES string of the molecule is CNC(Cc1ccn(C)n1)C(C)(C)C. The Hall–Kier alpha value is -0.830. The fourth-order valence-corrected chi connectivity index (χ4v) is 1.62. The molecule has 0 aliphatic heterocycles. The average Bonchev–Trinajstić information content (AvgIpc) is 2.45. The van der Waals surface area contributed by atoms with Crippen molar-refractivity contribution in [2.75, 3.05) is 7.05 Å².